The first kappa shape index (κ1) is 23.8. The van der Waals surface area contributed by atoms with Crippen LogP contribution in [-0.4, -0.2) is 22.6 Å². The highest BCUT2D eigenvalue weighted by molar-refractivity contribution is 7.14. The van der Waals surface area contributed by atoms with E-state index in [4.69, 9.17) is 4.74 Å². The van der Waals surface area contributed by atoms with E-state index in [0.29, 0.717) is 16.4 Å². The summed E-state index contributed by atoms with van der Waals surface area (Å²) in [5.41, 5.74) is 4.11. The maximum atomic E-state index is 12.3. The molecule has 0 fully saturated rings. The van der Waals surface area contributed by atoms with Gasteiger partial charge in [0.2, 0.25) is 5.91 Å². The van der Waals surface area contributed by atoms with Gasteiger partial charge in [0.1, 0.15) is 6.61 Å². The summed E-state index contributed by atoms with van der Waals surface area (Å²) in [5, 5.41) is 2.29. The third kappa shape index (κ3) is 5.69. The predicted molar refractivity (Wildman–Crippen MR) is 128 cm³/mol. The number of ketones is 1. The van der Waals surface area contributed by atoms with Crippen LogP contribution < -0.4 is 4.90 Å². The molecule has 168 valence electrons. The zero-order valence-electron chi connectivity index (χ0n) is 18.9. The van der Waals surface area contributed by atoms with E-state index in [-0.39, 0.29) is 31.1 Å². The Hall–Kier alpha value is -2.84. The summed E-state index contributed by atoms with van der Waals surface area (Å²) < 4.78 is 5.30. The molecular weight excluding hydrogens is 444 g/mol. The molecule has 0 spiro atoms. The molecule has 0 saturated carbocycles. The zero-order chi connectivity index (χ0) is 23.4. The number of Topliss-reactive ketones (excluding diaryl/α,β-unsaturated/α-hetero) is 1. The number of carbonyl (C=O) groups is 3. The van der Waals surface area contributed by atoms with Gasteiger partial charge in [0.15, 0.2) is 10.9 Å². The summed E-state index contributed by atoms with van der Waals surface area (Å²) in [7, 11) is 0. The third-order valence-corrected chi connectivity index (χ3v) is 6.76. The molecule has 0 aliphatic rings. The Bertz CT molecular complexity index is 1160. The molecule has 0 atom stereocenters. The van der Waals surface area contributed by atoms with Crippen LogP contribution in [0.2, 0.25) is 0 Å². The molecular formula is C24H26N2O4S2. The fourth-order valence-electron chi connectivity index (χ4n) is 3.41. The second-order valence-electron chi connectivity index (χ2n) is 7.68. The Labute approximate surface area is 195 Å². The van der Waals surface area contributed by atoms with Crippen molar-refractivity contribution in [2.45, 2.75) is 54.1 Å². The molecule has 2 aromatic heterocycles. The summed E-state index contributed by atoms with van der Waals surface area (Å²) >= 11 is 2.89. The molecule has 6 nitrogen and oxygen atoms in total. The van der Waals surface area contributed by atoms with Gasteiger partial charge in [0.25, 0.3) is 0 Å². The van der Waals surface area contributed by atoms with Gasteiger partial charge in [0.05, 0.1) is 17.8 Å². The van der Waals surface area contributed by atoms with Crippen molar-refractivity contribution >= 4 is 51.2 Å². The first-order valence-corrected chi connectivity index (χ1v) is 11.9. The lowest BCUT2D eigenvalue weighted by atomic mass is 10.1. The molecule has 0 radical (unpaired) electrons. The number of hydrogen-bond acceptors (Lipinski definition) is 7. The van der Waals surface area contributed by atoms with Crippen LogP contribution in [0.4, 0.5) is 10.8 Å². The highest BCUT2D eigenvalue weighted by atomic mass is 32.1. The van der Waals surface area contributed by atoms with Crippen molar-refractivity contribution in [2.24, 2.45) is 0 Å². The molecule has 32 heavy (non-hydrogen) atoms. The van der Waals surface area contributed by atoms with Crippen LogP contribution in [0.25, 0.3) is 0 Å². The van der Waals surface area contributed by atoms with Crippen molar-refractivity contribution in [1.82, 2.24) is 4.98 Å². The van der Waals surface area contributed by atoms with E-state index in [1.54, 1.807) is 21.6 Å². The lowest BCUT2D eigenvalue weighted by Crippen LogP contribution is -2.23. The fourth-order valence-corrected chi connectivity index (χ4v) is 5.22. The Morgan fingerprint density at radius 3 is 2.44 bits per heavy atom. The largest absolute Gasteiger partial charge is 0.459 e. The summed E-state index contributed by atoms with van der Waals surface area (Å²) in [6.07, 6.45) is 0.134. The number of anilines is 2. The molecule has 8 heteroatoms. The Kier molecular flexibility index (Phi) is 7.58. The van der Waals surface area contributed by atoms with E-state index >= 15 is 0 Å². The van der Waals surface area contributed by atoms with E-state index in [1.165, 1.54) is 18.3 Å². The van der Waals surface area contributed by atoms with Gasteiger partial charge in [-0.15, -0.1) is 22.7 Å². The fraction of sp³-hybridized carbons (Fsp3) is 0.333. The van der Waals surface area contributed by atoms with Crippen molar-refractivity contribution in [3.05, 3.63) is 61.8 Å². The molecule has 0 bridgehead atoms. The van der Waals surface area contributed by atoms with Gasteiger partial charge in [-0.3, -0.25) is 19.3 Å². The SMILES string of the molecule is CC(=O)N(c1nc(COC(=O)CCC(=O)c2cc(C)sc2C)cs1)c1ccc(C)cc1C. The molecule has 0 N–H and O–H groups in total. The van der Waals surface area contributed by atoms with Crippen LogP contribution in [0, 0.1) is 27.7 Å². The number of thiophene rings is 1. The van der Waals surface area contributed by atoms with Crippen LogP contribution >= 0.6 is 22.7 Å². The molecule has 2 heterocycles. The minimum Gasteiger partial charge on any atom is -0.459 e. The number of rotatable bonds is 8. The molecule has 3 rings (SSSR count). The first-order valence-electron chi connectivity index (χ1n) is 10.2. The highest BCUT2D eigenvalue weighted by Gasteiger charge is 2.20. The van der Waals surface area contributed by atoms with Crippen LogP contribution in [0.15, 0.2) is 29.6 Å². The number of amides is 1. The Morgan fingerprint density at radius 2 is 1.81 bits per heavy atom. The zero-order valence-corrected chi connectivity index (χ0v) is 20.5. The summed E-state index contributed by atoms with van der Waals surface area (Å²) in [5.74, 6) is -0.645. The molecule has 0 saturated heterocycles. The van der Waals surface area contributed by atoms with Crippen LogP contribution in [0.3, 0.4) is 0 Å². The molecule has 0 unspecified atom stereocenters. The number of nitrogens with zero attached hydrogens (tertiary/aromatic N) is 2. The second kappa shape index (κ2) is 10.2. The monoisotopic (exact) mass is 470 g/mol. The predicted octanol–water partition coefficient (Wildman–Crippen LogP) is 5.83. The van der Waals surface area contributed by atoms with Gasteiger partial charge < -0.3 is 4.74 Å². The average molecular weight is 471 g/mol. The lowest BCUT2D eigenvalue weighted by molar-refractivity contribution is -0.145. The number of aryl methyl sites for hydroxylation is 4. The minimum absolute atomic E-state index is 0.00125. The van der Waals surface area contributed by atoms with E-state index in [2.05, 4.69) is 4.98 Å². The van der Waals surface area contributed by atoms with E-state index in [1.807, 2.05) is 52.0 Å². The number of ether oxygens (including phenoxy) is 1. The van der Waals surface area contributed by atoms with Crippen LogP contribution in [-0.2, 0) is 20.9 Å². The number of thiazole rings is 1. The van der Waals surface area contributed by atoms with Crippen LogP contribution in [0.1, 0.15) is 56.7 Å². The van der Waals surface area contributed by atoms with Crippen molar-refractivity contribution in [3.63, 3.8) is 0 Å². The van der Waals surface area contributed by atoms with E-state index in [9.17, 15) is 14.4 Å². The third-order valence-electron chi connectivity index (χ3n) is 4.92. The maximum absolute atomic E-state index is 12.3. The lowest BCUT2D eigenvalue weighted by Gasteiger charge is -2.20. The van der Waals surface area contributed by atoms with Gasteiger partial charge in [-0.05, 0) is 45.4 Å². The van der Waals surface area contributed by atoms with Crippen LogP contribution in [0.5, 0.6) is 0 Å². The Morgan fingerprint density at radius 1 is 1.06 bits per heavy atom. The van der Waals surface area contributed by atoms with E-state index < -0.39 is 5.97 Å². The average Bonchev–Trinajstić information content (AvgIpc) is 3.32. The van der Waals surface area contributed by atoms with Crippen molar-refractivity contribution in [1.29, 1.82) is 0 Å². The number of benzene rings is 1. The summed E-state index contributed by atoms with van der Waals surface area (Å²) in [6, 6.07) is 7.73. The standard InChI is InChI=1S/C24H26N2O4S2/c1-14-6-7-21(15(2)10-14)26(18(5)27)24-25-19(13-31-24)12-30-23(29)9-8-22(28)20-11-16(3)32-17(20)4/h6-7,10-11,13H,8-9,12H2,1-5H3. The maximum Gasteiger partial charge on any atom is 0.306 e. The normalized spacial score (nSPS) is 10.8. The van der Waals surface area contributed by atoms with Gasteiger partial charge in [0, 0.05) is 34.0 Å². The molecule has 1 aromatic carbocycles. The smallest absolute Gasteiger partial charge is 0.306 e. The molecule has 1 amide bonds. The topological polar surface area (TPSA) is 76.6 Å². The van der Waals surface area contributed by atoms with Crippen molar-refractivity contribution in [2.75, 3.05) is 4.90 Å². The molecule has 0 aliphatic carbocycles. The highest BCUT2D eigenvalue weighted by Crippen LogP contribution is 2.32. The quantitative estimate of drug-likeness (QED) is 0.306. The van der Waals surface area contributed by atoms with Crippen molar-refractivity contribution in [3.8, 4) is 0 Å². The first-order chi connectivity index (χ1) is 15.2. The Balaban J connectivity index is 1.59. The molecule has 0 aliphatic heterocycles. The number of esters is 1. The van der Waals surface area contributed by atoms with E-state index in [0.717, 1.165) is 26.6 Å². The number of aromatic nitrogens is 1. The van der Waals surface area contributed by atoms with Gasteiger partial charge in [-0.2, -0.15) is 0 Å². The number of hydrogen-bond donors (Lipinski definition) is 0. The van der Waals surface area contributed by atoms with Gasteiger partial charge in [-0.25, -0.2) is 4.98 Å². The molecule has 3 aromatic rings. The van der Waals surface area contributed by atoms with Gasteiger partial charge in [-0.1, -0.05) is 17.7 Å². The number of carbonyl (C=O) groups excluding carboxylic acids is 3. The summed E-state index contributed by atoms with van der Waals surface area (Å²) in [4.78, 5) is 44.9. The second-order valence-corrected chi connectivity index (χ2v) is 9.97. The summed E-state index contributed by atoms with van der Waals surface area (Å²) in [6.45, 7) is 9.31. The van der Waals surface area contributed by atoms with Crippen molar-refractivity contribution < 1.29 is 19.1 Å². The van der Waals surface area contributed by atoms with Gasteiger partial charge >= 0.3 is 5.97 Å². The minimum atomic E-state index is -0.449.